The second-order valence-electron chi connectivity index (χ2n) is 4.32. The molecule has 1 N–H and O–H groups in total. The minimum Gasteiger partial charge on any atom is -0.353 e. The molecule has 1 amide bonds. The highest BCUT2D eigenvalue weighted by atomic mass is 16.2. The molecule has 0 fully saturated rings. The van der Waals surface area contributed by atoms with Crippen LogP contribution in [-0.2, 0) is 4.79 Å². The fourth-order valence-electron chi connectivity index (χ4n) is 1.77. The second-order valence-corrected chi connectivity index (χ2v) is 4.32. The van der Waals surface area contributed by atoms with E-state index in [4.69, 9.17) is 0 Å². The van der Waals surface area contributed by atoms with Gasteiger partial charge in [-0.05, 0) is 26.7 Å². The Bertz CT molecular complexity index is 234. The molecule has 0 unspecified atom stereocenters. The molecular weight excluding hydrogens is 188 g/mol. The Morgan fingerprint density at radius 2 is 1.80 bits per heavy atom. The van der Waals surface area contributed by atoms with Gasteiger partial charge in [0.1, 0.15) is 5.41 Å². The van der Waals surface area contributed by atoms with Gasteiger partial charge in [0.2, 0.25) is 5.91 Å². The number of hydrogen-bond donors (Lipinski definition) is 1. The van der Waals surface area contributed by atoms with Crippen molar-refractivity contribution in [3.63, 3.8) is 0 Å². The Morgan fingerprint density at radius 1 is 1.33 bits per heavy atom. The van der Waals surface area contributed by atoms with Crippen molar-refractivity contribution in [2.75, 3.05) is 0 Å². The minimum absolute atomic E-state index is 0.0962. The number of nitrogens with one attached hydrogen (secondary N) is 1. The van der Waals surface area contributed by atoms with E-state index in [0.717, 1.165) is 12.8 Å². The molecule has 0 aliphatic rings. The van der Waals surface area contributed by atoms with Crippen molar-refractivity contribution < 1.29 is 4.79 Å². The molecule has 0 atom stereocenters. The third-order valence-electron chi connectivity index (χ3n) is 2.42. The molecule has 0 bridgehead atoms. The first-order valence-electron chi connectivity index (χ1n) is 5.74. The lowest BCUT2D eigenvalue weighted by Gasteiger charge is -2.25. The third kappa shape index (κ3) is 3.91. The van der Waals surface area contributed by atoms with E-state index >= 15 is 0 Å². The number of nitriles is 1. The van der Waals surface area contributed by atoms with E-state index < -0.39 is 5.41 Å². The SMILES string of the molecule is CCCC(C#N)(CCC)C(=O)NC(C)C. The lowest BCUT2D eigenvalue weighted by Crippen LogP contribution is -2.43. The highest BCUT2D eigenvalue weighted by Crippen LogP contribution is 2.29. The van der Waals surface area contributed by atoms with Gasteiger partial charge in [0.05, 0.1) is 6.07 Å². The fourth-order valence-corrected chi connectivity index (χ4v) is 1.77. The first kappa shape index (κ1) is 14.0. The van der Waals surface area contributed by atoms with Gasteiger partial charge >= 0.3 is 0 Å². The van der Waals surface area contributed by atoms with E-state index in [-0.39, 0.29) is 11.9 Å². The van der Waals surface area contributed by atoms with Crippen LogP contribution in [0.4, 0.5) is 0 Å². The van der Waals surface area contributed by atoms with Crippen LogP contribution in [0.2, 0.25) is 0 Å². The predicted octanol–water partition coefficient (Wildman–Crippen LogP) is 2.62. The number of amides is 1. The highest BCUT2D eigenvalue weighted by molar-refractivity contribution is 5.85. The smallest absolute Gasteiger partial charge is 0.240 e. The van der Waals surface area contributed by atoms with Gasteiger partial charge in [-0.3, -0.25) is 4.79 Å². The zero-order chi connectivity index (χ0) is 11.9. The molecule has 0 aromatic rings. The molecule has 0 aliphatic heterocycles. The molecule has 0 aliphatic carbocycles. The van der Waals surface area contributed by atoms with Gasteiger partial charge in [0.15, 0.2) is 0 Å². The monoisotopic (exact) mass is 210 g/mol. The molecule has 86 valence electrons. The van der Waals surface area contributed by atoms with Crippen molar-refractivity contribution in [3.8, 4) is 6.07 Å². The van der Waals surface area contributed by atoms with Crippen LogP contribution in [0.25, 0.3) is 0 Å². The summed E-state index contributed by atoms with van der Waals surface area (Å²) in [7, 11) is 0. The van der Waals surface area contributed by atoms with Crippen LogP contribution in [0, 0.1) is 16.7 Å². The van der Waals surface area contributed by atoms with E-state index in [2.05, 4.69) is 11.4 Å². The number of rotatable bonds is 6. The maximum atomic E-state index is 12.0. The van der Waals surface area contributed by atoms with Gasteiger partial charge in [-0.1, -0.05) is 26.7 Å². The topological polar surface area (TPSA) is 52.9 Å². The summed E-state index contributed by atoms with van der Waals surface area (Å²) in [6.07, 6.45) is 3.02. The van der Waals surface area contributed by atoms with E-state index in [1.54, 1.807) is 0 Å². The van der Waals surface area contributed by atoms with Crippen LogP contribution in [0.15, 0.2) is 0 Å². The number of carbonyl (C=O) groups excluding carboxylic acids is 1. The summed E-state index contributed by atoms with van der Waals surface area (Å²) < 4.78 is 0. The molecule has 0 rings (SSSR count). The largest absolute Gasteiger partial charge is 0.353 e. The number of hydrogen-bond acceptors (Lipinski definition) is 2. The van der Waals surface area contributed by atoms with E-state index in [0.29, 0.717) is 12.8 Å². The number of carbonyl (C=O) groups is 1. The van der Waals surface area contributed by atoms with Gasteiger partial charge in [0.25, 0.3) is 0 Å². The molecule has 15 heavy (non-hydrogen) atoms. The summed E-state index contributed by atoms with van der Waals surface area (Å²) in [5.74, 6) is -0.108. The standard InChI is InChI=1S/C12H22N2O/c1-5-7-12(9-13,8-6-2)11(15)14-10(3)4/h10H,5-8H2,1-4H3,(H,14,15). The van der Waals surface area contributed by atoms with E-state index in [1.165, 1.54) is 0 Å². The van der Waals surface area contributed by atoms with Crippen molar-refractivity contribution in [2.24, 2.45) is 5.41 Å². The van der Waals surface area contributed by atoms with Crippen molar-refractivity contribution in [2.45, 2.75) is 59.4 Å². The van der Waals surface area contributed by atoms with E-state index in [1.807, 2.05) is 27.7 Å². The third-order valence-corrected chi connectivity index (χ3v) is 2.42. The molecule has 0 saturated carbocycles. The van der Waals surface area contributed by atoms with Crippen LogP contribution in [0.3, 0.4) is 0 Å². The summed E-state index contributed by atoms with van der Waals surface area (Å²) in [6, 6.07) is 2.31. The molecular formula is C12H22N2O. The van der Waals surface area contributed by atoms with Gasteiger partial charge in [0, 0.05) is 6.04 Å². The fraction of sp³-hybridized carbons (Fsp3) is 0.833. The first-order chi connectivity index (χ1) is 7.02. The second kappa shape index (κ2) is 6.44. The van der Waals surface area contributed by atoms with Crippen LogP contribution in [0.1, 0.15) is 53.4 Å². The Hall–Kier alpha value is -1.04. The van der Waals surface area contributed by atoms with Crippen LogP contribution < -0.4 is 5.32 Å². The lowest BCUT2D eigenvalue weighted by atomic mass is 9.79. The Kier molecular flexibility index (Phi) is 6.00. The molecule has 0 aromatic carbocycles. The number of nitrogens with zero attached hydrogens (tertiary/aromatic N) is 1. The van der Waals surface area contributed by atoms with Gasteiger partial charge in [-0.25, -0.2) is 0 Å². The summed E-state index contributed by atoms with van der Waals surface area (Å²) in [5, 5.41) is 12.1. The maximum absolute atomic E-state index is 12.0. The maximum Gasteiger partial charge on any atom is 0.240 e. The Balaban J connectivity index is 4.74. The highest BCUT2D eigenvalue weighted by Gasteiger charge is 2.36. The lowest BCUT2D eigenvalue weighted by molar-refractivity contribution is -0.129. The van der Waals surface area contributed by atoms with Gasteiger partial charge in [-0.2, -0.15) is 5.26 Å². The van der Waals surface area contributed by atoms with Crippen molar-refractivity contribution >= 4 is 5.91 Å². The van der Waals surface area contributed by atoms with Crippen molar-refractivity contribution in [1.82, 2.24) is 5.32 Å². The van der Waals surface area contributed by atoms with Gasteiger partial charge < -0.3 is 5.32 Å². The van der Waals surface area contributed by atoms with Crippen molar-refractivity contribution in [1.29, 1.82) is 5.26 Å². The molecule has 0 saturated heterocycles. The van der Waals surface area contributed by atoms with Crippen molar-refractivity contribution in [3.05, 3.63) is 0 Å². The average Bonchev–Trinajstić information content (AvgIpc) is 2.16. The Labute approximate surface area is 92.9 Å². The molecule has 0 aromatic heterocycles. The summed E-state index contributed by atoms with van der Waals surface area (Å²) in [6.45, 7) is 7.84. The normalized spacial score (nSPS) is 11.2. The van der Waals surface area contributed by atoms with E-state index in [9.17, 15) is 10.1 Å². The molecule has 3 heteroatoms. The van der Waals surface area contributed by atoms with Crippen LogP contribution >= 0.6 is 0 Å². The zero-order valence-corrected chi connectivity index (χ0v) is 10.3. The first-order valence-corrected chi connectivity index (χ1v) is 5.74. The Morgan fingerprint density at radius 3 is 2.07 bits per heavy atom. The summed E-state index contributed by atoms with van der Waals surface area (Å²) in [5.41, 5.74) is -0.812. The molecule has 0 radical (unpaired) electrons. The van der Waals surface area contributed by atoms with Gasteiger partial charge in [-0.15, -0.1) is 0 Å². The minimum atomic E-state index is -0.812. The van der Waals surface area contributed by atoms with Crippen LogP contribution in [0.5, 0.6) is 0 Å². The predicted molar refractivity (Wildman–Crippen MR) is 61.1 cm³/mol. The molecule has 0 heterocycles. The zero-order valence-electron chi connectivity index (χ0n) is 10.3. The summed E-state index contributed by atoms with van der Waals surface area (Å²) >= 11 is 0. The van der Waals surface area contributed by atoms with Crippen LogP contribution in [-0.4, -0.2) is 11.9 Å². The quantitative estimate of drug-likeness (QED) is 0.732. The average molecular weight is 210 g/mol. The molecule has 3 nitrogen and oxygen atoms in total. The summed E-state index contributed by atoms with van der Waals surface area (Å²) in [4.78, 5) is 12.0. The molecule has 0 spiro atoms.